The number of nitrogens with zero attached hydrogens (tertiary/aromatic N) is 3. The van der Waals surface area contributed by atoms with Gasteiger partial charge in [0.15, 0.2) is 5.82 Å². The maximum atomic E-state index is 8.83. The third kappa shape index (κ3) is 3.15. The first-order valence-corrected chi connectivity index (χ1v) is 7.65. The predicted molar refractivity (Wildman–Crippen MR) is 84.2 cm³/mol. The number of ether oxygens (including phenoxy) is 1. The highest BCUT2D eigenvalue weighted by Gasteiger charge is 2.22. The minimum absolute atomic E-state index is 0.412. The molecule has 0 unspecified atom stereocenters. The van der Waals surface area contributed by atoms with Crippen LogP contribution < -0.4 is 0 Å². The van der Waals surface area contributed by atoms with Crippen molar-refractivity contribution in [1.82, 2.24) is 9.97 Å². The van der Waals surface area contributed by atoms with Crippen molar-refractivity contribution >= 4 is 0 Å². The third-order valence-corrected chi connectivity index (χ3v) is 4.42. The molecule has 0 amide bonds. The zero-order chi connectivity index (χ0) is 15.4. The van der Waals surface area contributed by atoms with E-state index in [0.29, 0.717) is 23.4 Å². The van der Waals surface area contributed by atoms with Crippen LogP contribution in [0.4, 0.5) is 0 Å². The molecule has 0 saturated heterocycles. The lowest BCUT2D eigenvalue weighted by molar-refractivity contribution is 0.0658. The van der Waals surface area contributed by atoms with Crippen LogP contribution in [0.15, 0.2) is 36.7 Å². The normalized spacial score (nSPS) is 21.3. The van der Waals surface area contributed by atoms with Crippen molar-refractivity contribution in [3.05, 3.63) is 47.8 Å². The van der Waals surface area contributed by atoms with Gasteiger partial charge in [-0.15, -0.1) is 0 Å². The van der Waals surface area contributed by atoms with Gasteiger partial charge >= 0.3 is 0 Å². The second-order valence-corrected chi connectivity index (χ2v) is 5.74. The zero-order valence-electron chi connectivity index (χ0n) is 12.7. The van der Waals surface area contributed by atoms with Crippen LogP contribution in [0.1, 0.15) is 42.7 Å². The summed E-state index contributed by atoms with van der Waals surface area (Å²) in [6.45, 7) is 0. The third-order valence-electron chi connectivity index (χ3n) is 4.42. The first-order chi connectivity index (χ1) is 10.8. The molecule has 1 aliphatic carbocycles. The van der Waals surface area contributed by atoms with Crippen molar-refractivity contribution in [2.45, 2.75) is 37.7 Å². The van der Waals surface area contributed by atoms with Gasteiger partial charge in [0, 0.05) is 25.1 Å². The maximum absolute atomic E-state index is 8.83. The Bertz CT molecular complexity index is 650. The van der Waals surface area contributed by atoms with E-state index in [0.717, 1.165) is 31.2 Å². The fourth-order valence-corrected chi connectivity index (χ4v) is 3.02. The summed E-state index contributed by atoms with van der Waals surface area (Å²) in [4.78, 5) is 8.99. The van der Waals surface area contributed by atoms with Crippen molar-refractivity contribution in [1.29, 1.82) is 5.26 Å². The number of hydrogen-bond acceptors (Lipinski definition) is 4. The van der Waals surface area contributed by atoms with Gasteiger partial charge in [-0.05, 0) is 61.4 Å². The maximum Gasteiger partial charge on any atom is 0.159 e. The fraction of sp³-hybridized carbons (Fsp3) is 0.389. The van der Waals surface area contributed by atoms with Gasteiger partial charge < -0.3 is 4.74 Å². The lowest BCUT2D eigenvalue weighted by Gasteiger charge is -2.27. The van der Waals surface area contributed by atoms with E-state index in [9.17, 15) is 0 Å². The summed E-state index contributed by atoms with van der Waals surface area (Å²) in [7, 11) is 1.79. The molecule has 0 radical (unpaired) electrons. The van der Waals surface area contributed by atoms with Gasteiger partial charge in [-0.1, -0.05) is 0 Å². The highest BCUT2D eigenvalue weighted by molar-refractivity contribution is 5.56. The minimum atomic E-state index is 0.412. The molecule has 112 valence electrons. The molecule has 0 spiro atoms. The summed E-state index contributed by atoms with van der Waals surface area (Å²) in [5.74, 6) is 1.25. The van der Waals surface area contributed by atoms with Crippen molar-refractivity contribution in [3.63, 3.8) is 0 Å². The Kier molecular flexibility index (Phi) is 4.45. The van der Waals surface area contributed by atoms with E-state index in [4.69, 9.17) is 10.00 Å². The Morgan fingerprint density at radius 3 is 2.23 bits per heavy atom. The fourth-order valence-electron chi connectivity index (χ4n) is 3.02. The van der Waals surface area contributed by atoms with Gasteiger partial charge in [-0.3, -0.25) is 0 Å². The first-order valence-electron chi connectivity index (χ1n) is 7.65. The number of nitriles is 1. The summed E-state index contributed by atoms with van der Waals surface area (Å²) in [6.07, 6.45) is 8.79. The molecule has 22 heavy (non-hydrogen) atoms. The summed E-state index contributed by atoms with van der Waals surface area (Å²) >= 11 is 0. The Morgan fingerprint density at radius 1 is 1.05 bits per heavy atom. The monoisotopic (exact) mass is 293 g/mol. The Balaban J connectivity index is 1.71. The molecule has 1 saturated carbocycles. The topological polar surface area (TPSA) is 58.8 Å². The summed E-state index contributed by atoms with van der Waals surface area (Å²) < 4.78 is 5.42. The molecule has 0 atom stereocenters. The van der Waals surface area contributed by atoms with E-state index in [1.54, 1.807) is 19.2 Å². The molecule has 4 heteroatoms. The van der Waals surface area contributed by atoms with E-state index in [-0.39, 0.29) is 0 Å². The molecular weight excluding hydrogens is 274 g/mol. The quantitative estimate of drug-likeness (QED) is 0.866. The van der Waals surface area contributed by atoms with E-state index in [1.807, 2.05) is 24.5 Å². The first kappa shape index (κ1) is 14.7. The molecule has 3 rings (SSSR count). The van der Waals surface area contributed by atoms with Gasteiger partial charge in [0.05, 0.1) is 17.7 Å². The lowest BCUT2D eigenvalue weighted by atomic mass is 9.84. The van der Waals surface area contributed by atoms with Gasteiger partial charge in [0.25, 0.3) is 0 Å². The second-order valence-electron chi connectivity index (χ2n) is 5.74. The van der Waals surface area contributed by atoms with Crippen molar-refractivity contribution < 1.29 is 4.74 Å². The van der Waals surface area contributed by atoms with Crippen LogP contribution in [-0.4, -0.2) is 23.2 Å². The molecular formula is C18H19N3O. The van der Waals surface area contributed by atoms with Crippen LogP contribution in [-0.2, 0) is 4.74 Å². The molecule has 1 aliphatic rings. The molecule has 4 nitrogen and oxygen atoms in total. The summed E-state index contributed by atoms with van der Waals surface area (Å²) in [5.41, 5.74) is 2.80. The minimum Gasteiger partial charge on any atom is -0.381 e. The highest BCUT2D eigenvalue weighted by atomic mass is 16.5. The van der Waals surface area contributed by atoms with Crippen LogP contribution in [0.25, 0.3) is 11.4 Å². The molecule has 1 aromatic carbocycles. The van der Waals surface area contributed by atoms with Crippen LogP contribution in [0, 0.1) is 11.3 Å². The second kappa shape index (κ2) is 6.67. The molecule has 0 aliphatic heterocycles. The van der Waals surface area contributed by atoms with Crippen molar-refractivity contribution in [2.75, 3.05) is 7.11 Å². The van der Waals surface area contributed by atoms with Crippen LogP contribution in [0.2, 0.25) is 0 Å². The van der Waals surface area contributed by atoms with Crippen molar-refractivity contribution in [3.8, 4) is 17.5 Å². The largest absolute Gasteiger partial charge is 0.381 e. The Morgan fingerprint density at radius 2 is 1.68 bits per heavy atom. The standard InChI is InChI=1S/C18H19N3O/c1-22-17-8-6-14(7-9-17)16-11-20-18(21-12-16)15-4-2-13(10-19)3-5-15/h2-5,11-12,14,17H,6-9H2,1H3/t14-,17-. The van der Waals surface area contributed by atoms with E-state index >= 15 is 0 Å². The average molecular weight is 293 g/mol. The lowest BCUT2D eigenvalue weighted by Crippen LogP contribution is -2.19. The Hall–Kier alpha value is -2.25. The van der Waals surface area contributed by atoms with E-state index in [2.05, 4.69) is 16.0 Å². The number of rotatable bonds is 3. The molecule has 1 heterocycles. The number of aromatic nitrogens is 2. The molecule has 1 aromatic heterocycles. The van der Waals surface area contributed by atoms with E-state index < -0.39 is 0 Å². The number of methoxy groups -OCH3 is 1. The van der Waals surface area contributed by atoms with Crippen LogP contribution in [0.5, 0.6) is 0 Å². The smallest absolute Gasteiger partial charge is 0.159 e. The average Bonchev–Trinajstić information content (AvgIpc) is 2.62. The van der Waals surface area contributed by atoms with E-state index in [1.165, 1.54) is 5.56 Å². The van der Waals surface area contributed by atoms with Gasteiger partial charge in [-0.25, -0.2) is 9.97 Å². The number of hydrogen-bond donors (Lipinski definition) is 0. The Labute approximate surface area is 130 Å². The van der Waals surface area contributed by atoms with Crippen LogP contribution in [0.3, 0.4) is 0 Å². The molecule has 0 N–H and O–H groups in total. The molecule has 1 fully saturated rings. The van der Waals surface area contributed by atoms with Gasteiger partial charge in [0.2, 0.25) is 0 Å². The summed E-state index contributed by atoms with van der Waals surface area (Å²) in [6, 6.07) is 9.47. The van der Waals surface area contributed by atoms with Crippen LogP contribution >= 0.6 is 0 Å². The highest BCUT2D eigenvalue weighted by Crippen LogP contribution is 2.33. The summed E-state index contributed by atoms with van der Waals surface area (Å²) in [5, 5.41) is 8.83. The molecule has 0 bridgehead atoms. The molecule has 2 aromatic rings. The SMILES string of the molecule is CO[C@H]1CC[C@H](c2cnc(-c3ccc(C#N)cc3)nc2)CC1. The van der Waals surface area contributed by atoms with Crippen molar-refractivity contribution in [2.24, 2.45) is 0 Å². The predicted octanol–water partition coefficient (Wildman–Crippen LogP) is 3.69. The zero-order valence-corrected chi connectivity index (χ0v) is 12.7. The van der Waals surface area contributed by atoms with Gasteiger partial charge in [0.1, 0.15) is 0 Å². The van der Waals surface area contributed by atoms with Gasteiger partial charge in [-0.2, -0.15) is 5.26 Å². The number of benzene rings is 1.